The number of hydrogen-bond acceptors (Lipinski definition) is 4. The molecule has 5 nitrogen and oxygen atoms in total. The highest BCUT2D eigenvalue weighted by Gasteiger charge is 2.32. The molecule has 6 heteroatoms. The summed E-state index contributed by atoms with van der Waals surface area (Å²) in [5, 5.41) is 0. The summed E-state index contributed by atoms with van der Waals surface area (Å²) >= 11 is 0. The lowest BCUT2D eigenvalue weighted by atomic mass is 10.0. The van der Waals surface area contributed by atoms with Crippen molar-refractivity contribution in [3.05, 3.63) is 47.9 Å². The maximum atomic E-state index is 14.9. The van der Waals surface area contributed by atoms with Crippen molar-refractivity contribution in [2.75, 3.05) is 27.2 Å². The van der Waals surface area contributed by atoms with Gasteiger partial charge in [-0.15, -0.1) is 0 Å². The number of ether oxygens (including phenoxy) is 1. The van der Waals surface area contributed by atoms with Crippen LogP contribution < -0.4 is 4.74 Å². The fraction of sp³-hybridized carbons (Fsp3) is 0.500. The van der Waals surface area contributed by atoms with Crippen molar-refractivity contribution >= 4 is 5.91 Å². The van der Waals surface area contributed by atoms with Crippen molar-refractivity contribution in [3.8, 4) is 17.0 Å². The first kappa shape index (κ1) is 22.2. The summed E-state index contributed by atoms with van der Waals surface area (Å²) in [6.07, 6.45) is 5.84. The fourth-order valence-corrected chi connectivity index (χ4v) is 4.14. The first-order chi connectivity index (χ1) is 14.4. The molecule has 3 rings (SSSR count). The molecule has 2 aromatic rings. The van der Waals surface area contributed by atoms with Gasteiger partial charge in [-0.25, -0.2) is 9.37 Å². The lowest BCUT2D eigenvalue weighted by molar-refractivity contribution is 0.0689. The van der Waals surface area contributed by atoms with Crippen LogP contribution in [0.25, 0.3) is 11.1 Å². The third-order valence-electron chi connectivity index (χ3n) is 6.07. The number of hydrogen-bond donors (Lipinski definition) is 0. The van der Waals surface area contributed by atoms with Crippen LogP contribution in [0.2, 0.25) is 0 Å². The topological polar surface area (TPSA) is 45.7 Å². The predicted molar refractivity (Wildman–Crippen MR) is 117 cm³/mol. The van der Waals surface area contributed by atoms with E-state index in [0.717, 1.165) is 37.8 Å². The van der Waals surface area contributed by atoms with Crippen molar-refractivity contribution in [1.82, 2.24) is 14.8 Å². The van der Waals surface area contributed by atoms with Crippen LogP contribution in [-0.2, 0) is 0 Å². The third kappa shape index (κ3) is 4.98. The van der Waals surface area contributed by atoms with E-state index in [1.165, 1.54) is 6.07 Å². The second-order valence-corrected chi connectivity index (χ2v) is 8.16. The second-order valence-electron chi connectivity index (χ2n) is 8.16. The highest BCUT2D eigenvalue weighted by molar-refractivity contribution is 5.95. The molecule has 1 aromatic carbocycles. The van der Waals surface area contributed by atoms with Gasteiger partial charge in [0.15, 0.2) is 0 Å². The molecular weight excluding hydrogens is 381 g/mol. The molecule has 1 saturated heterocycles. The highest BCUT2D eigenvalue weighted by Crippen LogP contribution is 2.26. The zero-order chi connectivity index (χ0) is 21.7. The minimum atomic E-state index is -0.494. The molecule has 0 aliphatic carbocycles. The summed E-state index contributed by atoms with van der Waals surface area (Å²) in [6, 6.07) is 8.95. The standard InChI is InChI=1S/C24H32FN3O2/c1-5-7-17(2)27(3)16-20-8-6-13-28(20)24(29)21-11-9-18(14-22(21)25)19-10-12-23(30-4)26-15-19/h9-12,14-15,17,20H,5-8,13,16H2,1-4H3. The molecule has 0 saturated carbocycles. The maximum Gasteiger partial charge on any atom is 0.257 e. The molecule has 1 aromatic heterocycles. The Morgan fingerprint density at radius 1 is 1.33 bits per heavy atom. The predicted octanol–water partition coefficient (Wildman–Crippen LogP) is 4.62. The molecule has 0 bridgehead atoms. The van der Waals surface area contributed by atoms with Crippen LogP contribution in [-0.4, -0.2) is 60.0 Å². The van der Waals surface area contributed by atoms with E-state index in [1.54, 1.807) is 31.5 Å². The number of nitrogens with zero attached hydrogens (tertiary/aromatic N) is 3. The molecule has 0 radical (unpaired) electrons. The van der Waals surface area contributed by atoms with Gasteiger partial charge in [-0.3, -0.25) is 4.79 Å². The molecule has 30 heavy (non-hydrogen) atoms. The molecule has 0 spiro atoms. The largest absolute Gasteiger partial charge is 0.481 e. The van der Waals surface area contributed by atoms with Crippen molar-refractivity contribution in [1.29, 1.82) is 0 Å². The fourth-order valence-electron chi connectivity index (χ4n) is 4.14. The summed E-state index contributed by atoms with van der Waals surface area (Å²) in [6.45, 7) is 5.91. The number of pyridine rings is 1. The summed E-state index contributed by atoms with van der Waals surface area (Å²) in [5.41, 5.74) is 1.60. The Morgan fingerprint density at radius 2 is 2.10 bits per heavy atom. The Kier molecular flexibility index (Phi) is 7.43. The van der Waals surface area contributed by atoms with Crippen molar-refractivity contribution in [2.45, 2.75) is 51.6 Å². The van der Waals surface area contributed by atoms with Crippen LogP contribution >= 0.6 is 0 Å². The van der Waals surface area contributed by atoms with Gasteiger partial charge in [0.1, 0.15) is 5.82 Å². The van der Waals surface area contributed by atoms with E-state index in [1.807, 2.05) is 11.0 Å². The van der Waals surface area contributed by atoms with E-state index in [4.69, 9.17) is 4.74 Å². The molecule has 1 amide bonds. The van der Waals surface area contributed by atoms with E-state index in [9.17, 15) is 9.18 Å². The van der Waals surface area contributed by atoms with E-state index in [0.29, 0.717) is 24.0 Å². The number of likely N-dealkylation sites (tertiary alicyclic amines) is 1. The molecule has 1 fully saturated rings. The molecule has 162 valence electrons. The van der Waals surface area contributed by atoms with E-state index >= 15 is 0 Å². The first-order valence-electron chi connectivity index (χ1n) is 10.8. The van der Waals surface area contributed by atoms with E-state index in [-0.39, 0.29) is 17.5 Å². The van der Waals surface area contributed by atoms with E-state index in [2.05, 4.69) is 30.8 Å². The quantitative estimate of drug-likeness (QED) is 0.633. The number of aromatic nitrogens is 1. The molecule has 2 unspecified atom stereocenters. The molecule has 2 atom stereocenters. The van der Waals surface area contributed by atoms with Gasteiger partial charge in [-0.2, -0.15) is 0 Å². The van der Waals surface area contributed by atoms with Crippen LogP contribution in [0.4, 0.5) is 4.39 Å². The van der Waals surface area contributed by atoms with Gasteiger partial charge in [-0.1, -0.05) is 19.4 Å². The average molecular weight is 414 g/mol. The number of rotatable bonds is 8. The number of amides is 1. The van der Waals surface area contributed by atoms with Crippen LogP contribution in [0.5, 0.6) is 5.88 Å². The number of halogens is 1. The minimum absolute atomic E-state index is 0.131. The zero-order valence-electron chi connectivity index (χ0n) is 18.4. The van der Waals surface area contributed by atoms with Crippen molar-refractivity contribution in [3.63, 3.8) is 0 Å². The SMILES string of the molecule is CCCC(C)N(C)CC1CCCN1C(=O)c1ccc(-c2ccc(OC)nc2)cc1F. The van der Waals surface area contributed by atoms with Crippen molar-refractivity contribution < 1.29 is 13.9 Å². The van der Waals surface area contributed by atoms with Gasteiger partial charge >= 0.3 is 0 Å². The molecule has 2 heterocycles. The van der Waals surface area contributed by atoms with E-state index < -0.39 is 5.82 Å². The van der Waals surface area contributed by atoms with Gasteiger partial charge in [0.25, 0.3) is 5.91 Å². The molecule has 1 aliphatic rings. The monoisotopic (exact) mass is 413 g/mol. The number of carbonyl (C=O) groups excluding carboxylic acids is 1. The summed E-state index contributed by atoms with van der Waals surface area (Å²) in [4.78, 5) is 21.5. The van der Waals surface area contributed by atoms with Gasteiger partial charge in [0.05, 0.1) is 12.7 Å². The highest BCUT2D eigenvalue weighted by atomic mass is 19.1. The van der Waals surface area contributed by atoms with Gasteiger partial charge < -0.3 is 14.5 Å². The molecule has 0 N–H and O–H groups in total. The Balaban J connectivity index is 1.73. The summed E-state index contributed by atoms with van der Waals surface area (Å²) in [7, 11) is 3.66. The maximum absolute atomic E-state index is 14.9. The van der Waals surface area contributed by atoms with Crippen LogP contribution in [0, 0.1) is 5.82 Å². The van der Waals surface area contributed by atoms with Crippen LogP contribution in [0.3, 0.4) is 0 Å². The van der Waals surface area contributed by atoms with Crippen LogP contribution in [0.15, 0.2) is 36.5 Å². The third-order valence-corrected chi connectivity index (χ3v) is 6.07. The summed E-state index contributed by atoms with van der Waals surface area (Å²) in [5.74, 6) is -0.207. The Morgan fingerprint density at radius 3 is 2.73 bits per heavy atom. The Hall–Kier alpha value is -2.47. The second kappa shape index (κ2) is 10.0. The van der Waals surface area contributed by atoms with Crippen LogP contribution in [0.1, 0.15) is 49.9 Å². The zero-order valence-corrected chi connectivity index (χ0v) is 18.4. The lowest BCUT2D eigenvalue weighted by Crippen LogP contribution is -2.44. The minimum Gasteiger partial charge on any atom is -0.481 e. The van der Waals surface area contributed by atoms with Gasteiger partial charge in [-0.05, 0) is 57.0 Å². The summed E-state index contributed by atoms with van der Waals surface area (Å²) < 4.78 is 20.0. The first-order valence-corrected chi connectivity index (χ1v) is 10.8. The normalized spacial score (nSPS) is 17.4. The lowest BCUT2D eigenvalue weighted by Gasteiger charge is -2.32. The average Bonchev–Trinajstić information content (AvgIpc) is 3.21. The van der Waals surface area contributed by atoms with Gasteiger partial charge in [0, 0.05) is 43.0 Å². The number of carbonyl (C=O) groups is 1. The molecule has 1 aliphatic heterocycles. The van der Waals surface area contributed by atoms with Gasteiger partial charge in [0.2, 0.25) is 5.88 Å². The van der Waals surface area contributed by atoms with Crippen molar-refractivity contribution in [2.24, 2.45) is 0 Å². The number of methoxy groups -OCH3 is 1. The Bertz CT molecular complexity index is 856. The number of likely N-dealkylation sites (N-methyl/N-ethyl adjacent to an activating group) is 1. The Labute approximate surface area is 178 Å². The molecular formula is C24H32FN3O2. The smallest absolute Gasteiger partial charge is 0.257 e. The number of benzene rings is 1.